The van der Waals surface area contributed by atoms with Gasteiger partial charge in [0.25, 0.3) is 0 Å². The molecular weight excluding hydrogens is 232 g/mol. The molecule has 2 N–H and O–H groups in total. The Hall–Kier alpha value is -1.75. The lowest BCUT2D eigenvalue weighted by atomic mass is 10.2. The van der Waals surface area contributed by atoms with Gasteiger partial charge in [-0.25, -0.2) is 4.98 Å². The summed E-state index contributed by atoms with van der Waals surface area (Å²) < 4.78 is 2.11. The van der Waals surface area contributed by atoms with Crippen molar-refractivity contribution in [1.82, 2.24) is 14.5 Å². The van der Waals surface area contributed by atoms with Crippen LogP contribution in [0, 0.1) is 0 Å². The van der Waals surface area contributed by atoms with E-state index in [0.717, 1.165) is 24.4 Å². The van der Waals surface area contributed by atoms with E-state index in [4.69, 9.17) is 18.0 Å². The molecule has 0 aliphatic heterocycles. The Kier molecular flexibility index (Phi) is 3.49. The van der Waals surface area contributed by atoms with Crippen LogP contribution in [-0.2, 0) is 13.0 Å². The van der Waals surface area contributed by atoms with Crippen LogP contribution in [0.3, 0.4) is 0 Å². The van der Waals surface area contributed by atoms with E-state index < -0.39 is 0 Å². The van der Waals surface area contributed by atoms with Crippen molar-refractivity contribution in [2.75, 3.05) is 0 Å². The Morgan fingerprint density at radius 3 is 2.94 bits per heavy atom. The largest absolute Gasteiger partial charge is 0.388 e. The monoisotopic (exact) mass is 246 g/mol. The first-order valence-corrected chi connectivity index (χ1v) is 5.86. The maximum Gasteiger partial charge on any atom is 0.122 e. The van der Waals surface area contributed by atoms with E-state index in [1.54, 1.807) is 6.20 Å². The molecule has 0 aliphatic rings. The predicted molar refractivity (Wildman–Crippen MR) is 70.8 cm³/mol. The van der Waals surface area contributed by atoms with Crippen molar-refractivity contribution in [1.29, 1.82) is 0 Å². The molecule has 0 unspecified atom stereocenters. The van der Waals surface area contributed by atoms with Gasteiger partial charge < -0.3 is 10.3 Å². The van der Waals surface area contributed by atoms with Crippen molar-refractivity contribution in [3.05, 3.63) is 47.8 Å². The smallest absolute Gasteiger partial charge is 0.122 e. The molecule has 0 spiro atoms. The van der Waals surface area contributed by atoms with Crippen LogP contribution >= 0.6 is 12.2 Å². The van der Waals surface area contributed by atoms with Crippen LogP contribution in [-0.4, -0.2) is 19.5 Å². The molecule has 17 heavy (non-hydrogen) atoms. The fraction of sp³-hybridized carbons (Fsp3) is 0.250. The summed E-state index contributed by atoms with van der Waals surface area (Å²) in [4.78, 5) is 8.73. The normalized spacial score (nSPS) is 10.4. The molecule has 0 aromatic carbocycles. The van der Waals surface area contributed by atoms with E-state index in [1.807, 2.05) is 24.5 Å². The van der Waals surface area contributed by atoms with Gasteiger partial charge in [0.2, 0.25) is 0 Å². The topological polar surface area (TPSA) is 56.7 Å². The van der Waals surface area contributed by atoms with Gasteiger partial charge in [-0.1, -0.05) is 19.1 Å². The van der Waals surface area contributed by atoms with Gasteiger partial charge in [0.15, 0.2) is 0 Å². The maximum absolute atomic E-state index is 5.56. The lowest BCUT2D eigenvalue weighted by Gasteiger charge is -2.07. The fourth-order valence-electron chi connectivity index (χ4n) is 1.70. The molecule has 0 saturated heterocycles. The summed E-state index contributed by atoms with van der Waals surface area (Å²) in [6, 6.07) is 3.88. The third kappa shape index (κ3) is 2.68. The Bertz CT molecular complexity index is 533. The number of thiocarbonyl (C=S) groups is 1. The quantitative estimate of drug-likeness (QED) is 0.831. The van der Waals surface area contributed by atoms with Crippen molar-refractivity contribution >= 4 is 17.2 Å². The van der Waals surface area contributed by atoms with Crippen LogP contribution in [0.25, 0.3) is 0 Å². The van der Waals surface area contributed by atoms with E-state index >= 15 is 0 Å². The molecule has 4 nitrogen and oxygen atoms in total. The van der Waals surface area contributed by atoms with Crippen LogP contribution in [0.1, 0.15) is 24.0 Å². The average Bonchev–Trinajstić information content (AvgIpc) is 2.76. The van der Waals surface area contributed by atoms with Gasteiger partial charge in [-0.3, -0.25) is 4.98 Å². The van der Waals surface area contributed by atoms with Crippen molar-refractivity contribution in [3.8, 4) is 0 Å². The minimum atomic E-state index is 0.327. The molecule has 88 valence electrons. The van der Waals surface area contributed by atoms with Gasteiger partial charge in [0, 0.05) is 31.6 Å². The lowest BCUT2D eigenvalue weighted by molar-refractivity contribution is 0.731. The molecule has 2 aromatic rings. The predicted octanol–water partition coefficient (Wildman–Crippen LogP) is 1.52. The Labute approximate surface area is 106 Å². The summed E-state index contributed by atoms with van der Waals surface area (Å²) in [6.07, 6.45) is 6.43. The molecule has 0 saturated carbocycles. The van der Waals surface area contributed by atoms with Gasteiger partial charge in [-0.2, -0.15) is 0 Å². The van der Waals surface area contributed by atoms with Gasteiger partial charge in [0.05, 0.1) is 5.69 Å². The van der Waals surface area contributed by atoms with E-state index in [0.29, 0.717) is 10.7 Å². The molecule has 0 aliphatic carbocycles. The van der Waals surface area contributed by atoms with Crippen molar-refractivity contribution in [3.63, 3.8) is 0 Å². The minimum Gasteiger partial charge on any atom is -0.388 e. The van der Waals surface area contributed by atoms with Crippen LogP contribution in [0.2, 0.25) is 0 Å². The van der Waals surface area contributed by atoms with Crippen LogP contribution in [0.4, 0.5) is 0 Å². The lowest BCUT2D eigenvalue weighted by Crippen LogP contribution is -2.12. The van der Waals surface area contributed by atoms with E-state index in [-0.39, 0.29) is 0 Å². The summed E-state index contributed by atoms with van der Waals surface area (Å²) in [7, 11) is 0. The van der Waals surface area contributed by atoms with Crippen LogP contribution in [0.5, 0.6) is 0 Å². The Morgan fingerprint density at radius 1 is 1.41 bits per heavy atom. The molecule has 0 fully saturated rings. The van der Waals surface area contributed by atoms with Crippen LogP contribution < -0.4 is 5.73 Å². The van der Waals surface area contributed by atoms with E-state index in [2.05, 4.69) is 21.5 Å². The highest BCUT2D eigenvalue weighted by Crippen LogP contribution is 2.07. The Morgan fingerprint density at radius 2 is 2.24 bits per heavy atom. The van der Waals surface area contributed by atoms with Gasteiger partial charge in [-0.15, -0.1) is 0 Å². The van der Waals surface area contributed by atoms with Crippen molar-refractivity contribution in [2.45, 2.75) is 19.9 Å². The summed E-state index contributed by atoms with van der Waals surface area (Å²) in [5, 5.41) is 0. The van der Waals surface area contributed by atoms with Crippen molar-refractivity contribution in [2.24, 2.45) is 5.73 Å². The zero-order valence-electron chi connectivity index (χ0n) is 9.63. The average molecular weight is 246 g/mol. The van der Waals surface area contributed by atoms with Gasteiger partial charge in [0.1, 0.15) is 10.8 Å². The number of imidazole rings is 1. The molecule has 2 heterocycles. The molecule has 2 rings (SSSR count). The van der Waals surface area contributed by atoms with Gasteiger partial charge in [-0.05, 0) is 17.7 Å². The molecule has 0 bridgehead atoms. The summed E-state index contributed by atoms with van der Waals surface area (Å²) in [5.41, 5.74) is 7.35. The molecular formula is C12H14N4S. The number of aromatic nitrogens is 3. The number of pyridine rings is 1. The highest BCUT2D eigenvalue weighted by Gasteiger charge is 2.03. The standard InChI is InChI=1S/C12H14N4S/c1-2-11-15-5-6-16(11)8-9-3-4-14-10(7-9)12(13)17/h3-7H,2,8H2,1H3,(H2,13,17). The zero-order chi connectivity index (χ0) is 12.3. The summed E-state index contributed by atoms with van der Waals surface area (Å²) in [6.45, 7) is 2.85. The third-order valence-electron chi connectivity index (χ3n) is 2.55. The maximum atomic E-state index is 5.56. The van der Waals surface area contributed by atoms with Crippen molar-refractivity contribution < 1.29 is 0 Å². The second-order valence-corrected chi connectivity index (χ2v) is 4.18. The number of hydrogen-bond donors (Lipinski definition) is 1. The van der Waals surface area contributed by atoms with Crippen LogP contribution in [0.15, 0.2) is 30.7 Å². The highest BCUT2D eigenvalue weighted by atomic mass is 32.1. The number of rotatable bonds is 4. The second-order valence-electron chi connectivity index (χ2n) is 3.74. The molecule has 0 amide bonds. The number of nitrogens with two attached hydrogens (primary N) is 1. The second kappa shape index (κ2) is 5.05. The molecule has 0 radical (unpaired) electrons. The first-order valence-electron chi connectivity index (χ1n) is 5.45. The zero-order valence-corrected chi connectivity index (χ0v) is 10.4. The van der Waals surface area contributed by atoms with E-state index in [1.165, 1.54) is 0 Å². The molecule has 2 aromatic heterocycles. The number of nitrogens with zero attached hydrogens (tertiary/aromatic N) is 3. The molecule has 0 atom stereocenters. The molecule has 5 heteroatoms. The van der Waals surface area contributed by atoms with Gasteiger partial charge >= 0.3 is 0 Å². The first kappa shape index (κ1) is 11.7. The minimum absolute atomic E-state index is 0.327. The first-order chi connectivity index (χ1) is 8.20. The SMILES string of the molecule is CCc1nccn1Cc1ccnc(C(N)=S)c1. The summed E-state index contributed by atoms with van der Waals surface area (Å²) in [5.74, 6) is 1.07. The fourth-order valence-corrected chi connectivity index (χ4v) is 1.81. The third-order valence-corrected chi connectivity index (χ3v) is 2.76. The highest BCUT2D eigenvalue weighted by molar-refractivity contribution is 7.80. The van der Waals surface area contributed by atoms with E-state index in [9.17, 15) is 0 Å². The Balaban J connectivity index is 2.24. The number of hydrogen-bond acceptors (Lipinski definition) is 3. The number of aryl methyl sites for hydroxylation is 1. The summed E-state index contributed by atoms with van der Waals surface area (Å²) >= 11 is 4.91.